The van der Waals surface area contributed by atoms with Crippen molar-refractivity contribution in [3.05, 3.63) is 10.8 Å². The van der Waals surface area contributed by atoms with Gasteiger partial charge >= 0.3 is 0 Å². The molecule has 0 amide bonds. The van der Waals surface area contributed by atoms with Gasteiger partial charge in [0.05, 0.1) is 0 Å². The van der Waals surface area contributed by atoms with E-state index in [0.717, 1.165) is 22.2 Å². The minimum Gasteiger partial charge on any atom is -0.327 e. The van der Waals surface area contributed by atoms with E-state index >= 15 is 0 Å². The average molecular weight is 225 g/mol. The van der Waals surface area contributed by atoms with Crippen molar-refractivity contribution in [2.75, 3.05) is 0 Å². The standard InChI is InChI=1S/C9H15N5S/c1-4-7-11-12-9-14(7)13-8(15-9)5(2)6(3)10/h5-6H,4,10H2,1-3H3. The van der Waals surface area contributed by atoms with Gasteiger partial charge in [-0.2, -0.15) is 9.61 Å². The molecular weight excluding hydrogens is 210 g/mol. The van der Waals surface area contributed by atoms with Crippen LogP contribution in [0.15, 0.2) is 0 Å². The molecule has 6 heteroatoms. The van der Waals surface area contributed by atoms with Crippen LogP contribution in [0.25, 0.3) is 4.96 Å². The predicted molar refractivity (Wildman–Crippen MR) is 60.1 cm³/mol. The van der Waals surface area contributed by atoms with Gasteiger partial charge in [0.2, 0.25) is 4.96 Å². The molecule has 0 spiro atoms. The summed E-state index contributed by atoms with van der Waals surface area (Å²) >= 11 is 1.57. The first-order valence-corrected chi connectivity index (χ1v) is 5.91. The number of aromatic nitrogens is 4. The summed E-state index contributed by atoms with van der Waals surface area (Å²) < 4.78 is 1.82. The van der Waals surface area contributed by atoms with Gasteiger partial charge < -0.3 is 5.73 Å². The molecule has 2 aromatic rings. The summed E-state index contributed by atoms with van der Waals surface area (Å²) in [6, 6.07) is 0.110. The number of rotatable bonds is 3. The van der Waals surface area contributed by atoms with Crippen molar-refractivity contribution in [1.29, 1.82) is 0 Å². The van der Waals surface area contributed by atoms with Crippen molar-refractivity contribution >= 4 is 16.3 Å². The maximum Gasteiger partial charge on any atom is 0.234 e. The first kappa shape index (κ1) is 10.5. The second-order valence-electron chi connectivity index (χ2n) is 3.75. The monoisotopic (exact) mass is 225 g/mol. The highest BCUT2D eigenvalue weighted by Gasteiger charge is 2.17. The summed E-state index contributed by atoms with van der Waals surface area (Å²) in [4.78, 5) is 0.856. The van der Waals surface area contributed by atoms with E-state index in [1.165, 1.54) is 0 Å². The van der Waals surface area contributed by atoms with Crippen LogP contribution in [0.3, 0.4) is 0 Å². The highest BCUT2D eigenvalue weighted by atomic mass is 32.1. The SMILES string of the molecule is CCc1nnc2sc(C(C)C(C)N)nn12. The van der Waals surface area contributed by atoms with E-state index in [2.05, 4.69) is 22.2 Å². The minimum atomic E-state index is 0.110. The average Bonchev–Trinajstić information content (AvgIpc) is 2.74. The molecule has 15 heavy (non-hydrogen) atoms. The smallest absolute Gasteiger partial charge is 0.234 e. The van der Waals surface area contributed by atoms with Gasteiger partial charge in [0.15, 0.2) is 5.82 Å². The van der Waals surface area contributed by atoms with Crippen molar-refractivity contribution in [3.63, 3.8) is 0 Å². The molecule has 0 saturated heterocycles. The normalized spacial score (nSPS) is 15.7. The third-order valence-electron chi connectivity index (χ3n) is 2.57. The van der Waals surface area contributed by atoms with Gasteiger partial charge in [-0.1, -0.05) is 25.2 Å². The fourth-order valence-corrected chi connectivity index (χ4v) is 2.33. The van der Waals surface area contributed by atoms with E-state index < -0.39 is 0 Å². The van der Waals surface area contributed by atoms with Gasteiger partial charge in [-0.3, -0.25) is 0 Å². The van der Waals surface area contributed by atoms with Crippen molar-refractivity contribution in [2.45, 2.75) is 39.2 Å². The van der Waals surface area contributed by atoms with Crippen molar-refractivity contribution < 1.29 is 0 Å². The molecule has 2 heterocycles. The highest BCUT2D eigenvalue weighted by Crippen LogP contribution is 2.23. The molecular formula is C9H15N5S. The number of aryl methyl sites for hydroxylation is 1. The van der Waals surface area contributed by atoms with Crippen LogP contribution >= 0.6 is 11.3 Å². The molecule has 0 radical (unpaired) electrons. The summed E-state index contributed by atoms with van der Waals surface area (Å²) in [5.74, 6) is 1.17. The second-order valence-corrected chi connectivity index (χ2v) is 4.74. The molecule has 0 aromatic carbocycles. The van der Waals surface area contributed by atoms with Gasteiger partial charge in [-0.15, -0.1) is 10.2 Å². The number of hydrogen-bond acceptors (Lipinski definition) is 5. The number of fused-ring (bicyclic) bond motifs is 1. The first-order chi connectivity index (χ1) is 7.13. The fourth-order valence-electron chi connectivity index (χ4n) is 1.30. The van der Waals surface area contributed by atoms with Crippen LogP contribution in [0.4, 0.5) is 0 Å². The molecule has 2 N–H and O–H groups in total. The number of nitrogens with zero attached hydrogens (tertiary/aromatic N) is 4. The fraction of sp³-hybridized carbons (Fsp3) is 0.667. The van der Waals surface area contributed by atoms with Gasteiger partial charge in [0, 0.05) is 18.4 Å². The maximum atomic E-state index is 5.85. The summed E-state index contributed by atoms with van der Waals surface area (Å²) in [5, 5.41) is 13.7. The van der Waals surface area contributed by atoms with Crippen LogP contribution in [0.5, 0.6) is 0 Å². The van der Waals surface area contributed by atoms with E-state index in [4.69, 9.17) is 5.73 Å². The van der Waals surface area contributed by atoms with E-state index in [0.29, 0.717) is 0 Å². The van der Waals surface area contributed by atoms with Gasteiger partial charge in [0.1, 0.15) is 5.01 Å². The molecule has 2 aromatic heterocycles. The van der Waals surface area contributed by atoms with E-state index in [1.54, 1.807) is 11.3 Å². The molecule has 2 atom stereocenters. The van der Waals surface area contributed by atoms with Crippen LogP contribution in [0.1, 0.15) is 37.5 Å². The zero-order valence-corrected chi connectivity index (χ0v) is 9.95. The van der Waals surface area contributed by atoms with Gasteiger partial charge in [-0.05, 0) is 6.92 Å². The quantitative estimate of drug-likeness (QED) is 0.852. The number of nitrogens with two attached hydrogens (primary N) is 1. The molecule has 82 valence electrons. The topological polar surface area (TPSA) is 69.1 Å². The lowest BCUT2D eigenvalue weighted by molar-refractivity contribution is 0.599. The predicted octanol–water partition coefficient (Wildman–Crippen LogP) is 1.20. The van der Waals surface area contributed by atoms with Crippen molar-refractivity contribution in [3.8, 4) is 0 Å². The Balaban J connectivity index is 2.43. The first-order valence-electron chi connectivity index (χ1n) is 5.10. The molecule has 2 unspecified atom stereocenters. The van der Waals surface area contributed by atoms with Crippen LogP contribution in [-0.2, 0) is 6.42 Å². The van der Waals surface area contributed by atoms with Crippen LogP contribution < -0.4 is 5.73 Å². The highest BCUT2D eigenvalue weighted by molar-refractivity contribution is 7.16. The van der Waals surface area contributed by atoms with Crippen LogP contribution in [-0.4, -0.2) is 25.9 Å². The Kier molecular flexibility index (Phi) is 2.70. The van der Waals surface area contributed by atoms with E-state index in [9.17, 15) is 0 Å². The number of hydrogen-bond donors (Lipinski definition) is 1. The Bertz CT molecular complexity index is 458. The molecule has 0 aliphatic heterocycles. The molecule has 0 fully saturated rings. The van der Waals surface area contributed by atoms with Crippen LogP contribution in [0.2, 0.25) is 0 Å². The zero-order chi connectivity index (χ0) is 11.0. The maximum absolute atomic E-state index is 5.85. The summed E-state index contributed by atoms with van der Waals surface area (Å²) in [6.07, 6.45) is 0.844. The Morgan fingerprint density at radius 1 is 1.40 bits per heavy atom. The van der Waals surface area contributed by atoms with Gasteiger partial charge in [-0.25, -0.2) is 0 Å². The molecule has 5 nitrogen and oxygen atoms in total. The zero-order valence-electron chi connectivity index (χ0n) is 9.14. The van der Waals surface area contributed by atoms with Crippen molar-refractivity contribution in [1.82, 2.24) is 19.8 Å². The Morgan fingerprint density at radius 3 is 2.73 bits per heavy atom. The van der Waals surface area contributed by atoms with Gasteiger partial charge in [0.25, 0.3) is 0 Å². The van der Waals surface area contributed by atoms with Crippen LogP contribution in [0, 0.1) is 0 Å². The summed E-state index contributed by atoms with van der Waals surface area (Å²) in [5.41, 5.74) is 5.85. The van der Waals surface area contributed by atoms with Crippen molar-refractivity contribution in [2.24, 2.45) is 5.73 Å². The lowest BCUT2D eigenvalue weighted by Gasteiger charge is -2.10. The largest absolute Gasteiger partial charge is 0.327 e. The van der Waals surface area contributed by atoms with E-state index in [-0.39, 0.29) is 12.0 Å². The van der Waals surface area contributed by atoms with E-state index in [1.807, 2.05) is 18.4 Å². The lowest BCUT2D eigenvalue weighted by atomic mass is 10.1. The molecule has 0 aliphatic carbocycles. The molecule has 0 aliphatic rings. The molecule has 2 rings (SSSR count). The third kappa shape index (κ3) is 1.74. The summed E-state index contributed by atoms with van der Waals surface area (Å²) in [7, 11) is 0. The second kappa shape index (κ2) is 3.86. The molecule has 0 saturated carbocycles. The summed E-state index contributed by atoms with van der Waals surface area (Å²) in [6.45, 7) is 6.13. The Hall–Kier alpha value is -1.01. The lowest BCUT2D eigenvalue weighted by Crippen LogP contribution is -2.22. The Morgan fingerprint density at radius 2 is 2.13 bits per heavy atom. The molecule has 0 bridgehead atoms. The third-order valence-corrected chi connectivity index (χ3v) is 3.67. The Labute approximate surface area is 92.3 Å². The minimum absolute atomic E-state index is 0.110.